The van der Waals surface area contributed by atoms with Gasteiger partial charge in [-0.25, -0.2) is 0 Å². The van der Waals surface area contributed by atoms with E-state index in [0.717, 1.165) is 22.7 Å². The highest BCUT2D eigenvalue weighted by Gasteiger charge is 1.87. The lowest BCUT2D eigenvalue weighted by Gasteiger charge is -1.96. The summed E-state index contributed by atoms with van der Waals surface area (Å²) < 4.78 is 0. The molecule has 0 saturated carbocycles. The van der Waals surface area contributed by atoms with Gasteiger partial charge in [0.15, 0.2) is 0 Å². The third-order valence-electron chi connectivity index (χ3n) is 0.584. The van der Waals surface area contributed by atoms with E-state index in [9.17, 15) is 0 Å². The maximum absolute atomic E-state index is 8.35. The smallest absolute Gasteiger partial charge is 0.102 e. The highest BCUT2D eigenvalue weighted by molar-refractivity contribution is 6.08. The van der Waals surface area contributed by atoms with Crippen LogP contribution in [0.1, 0.15) is 6.42 Å². The number of rotatable bonds is 2. The zero-order chi connectivity index (χ0) is 4.99. The fourth-order valence-corrected chi connectivity index (χ4v) is 0.887. The Morgan fingerprint density at radius 3 is 2.33 bits per heavy atom. The SMILES string of the molecule is NC(O)CC[SiH3]. The molecule has 0 radical (unpaired) electrons. The minimum atomic E-state index is -0.567. The lowest BCUT2D eigenvalue weighted by molar-refractivity contribution is 0.178. The van der Waals surface area contributed by atoms with Crippen molar-refractivity contribution in [3.63, 3.8) is 0 Å². The van der Waals surface area contributed by atoms with Crippen LogP contribution in [-0.2, 0) is 0 Å². The van der Waals surface area contributed by atoms with Gasteiger partial charge in [-0.05, 0) is 6.42 Å². The Labute approximate surface area is 40.8 Å². The standard InChI is InChI=1S/C3H11NOSi/c4-3(5)1-2-6/h3,5H,1-2,4H2,6H3. The molecular weight excluding hydrogens is 94.1 g/mol. The summed E-state index contributed by atoms with van der Waals surface area (Å²) in [5.74, 6) is 0. The molecule has 0 bridgehead atoms. The van der Waals surface area contributed by atoms with E-state index in [1.165, 1.54) is 0 Å². The first kappa shape index (κ1) is 6.14. The van der Waals surface area contributed by atoms with Gasteiger partial charge in [-0.1, -0.05) is 6.04 Å². The zero-order valence-corrected chi connectivity index (χ0v) is 6.02. The summed E-state index contributed by atoms with van der Waals surface area (Å²) in [6.07, 6.45) is 0.203. The molecule has 0 spiro atoms. The van der Waals surface area contributed by atoms with Crippen LogP contribution in [0.2, 0.25) is 6.04 Å². The first-order valence-electron chi connectivity index (χ1n) is 2.21. The van der Waals surface area contributed by atoms with Crippen LogP contribution in [0.4, 0.5) is 0 Å². The largest absolute Gasteiger partial charge is 0.379 e. The van der Waals surface area contributed by atoms with Crippen molar-refractivity contribution >= 4 is 10.2 Å². The lowest BCUT2D eigenvalue weighted by Crippen LogP contribution is -2.17. The fourth-order valence-electron chi connectivity index (χ4n) is 0.296. The van der Waals surface area contributed by atoms with Crippen molar-refractivity contribution < 1.29 is 5.11 Å². The van der Waals surface area contributed by atoms with E-state index >= 15 is 0 Å². The van der Waals surface area contributed by atoms with Crippen molar-refractivity contribution in [1.82, 2.24) is 0 Å². The zero-order valence-electron chi connectivity index (χ0n) is 4.02. The van der Waals surface area contributed by atoms with Gasteiger partial charge in [0.2, 0.25) is 0 Å². The van der Waals surface area contributed by atoms with E-state index in [1.807, 2.05) is 0 Å². The predicted octanol–water partition coefficient (Wildman–Crippen LogP) is -1.56. The summed E-state index contributed by atoms with van der Waals surface area (Å²) in [6.45, 7) is 0. The van der Waals surface area contributed by atoms with Crippen molar-refractivity contribution in [1.29, 1.82) is 0 Å². The Balaban J connectivity index is 2.63. The minimum Gasteiger partial charge on any atom is -0.379 e. The maximum atomic E-state index is 8.35. The molecule has 0 aromatic carbocycles. The van der Waals surface area contributed by atoms with Gasteiger partial charge < -0.3 is 10.8 Å². The molecule has 0 fully saturated rings. The number of nitrogens with two attached hydrogens (primary N) is 1. The number of hydrogen-bond donors (Lipinski definition) is 2. The van der Waals surface area contributed by atoms with Crippen LogP contribution in [0.25, 0.3) is 0 Å². The predicted molar refractivity (Wildman–Crippen MR) is 29.6 cm³/mol. The molecule has 0 aliphatic carbocycles. The Hall–Kier alpha value is 0.137. The van der Waals surface area contributed by atoms with Crippen molar-refractivity contribution in [2.24, 2.45) is 5.73 Å². The van der Waals surface area contributed by atoms with E-state index in [2.05, 4.69) is 0 Å². The van der Waals surface area contributed by atoms with Crippen LogP contribution in [0.5, 0.6) is 0 Å². The van der Waals surface area contributed by atoms with Crippen LogP contribution in [0.15, 0.2) is 0 Å². The van der Waals surface area contributed by atoms with Crippen LogP contribution >= 0.6 is 0 Å². The summed E-state index contributed by atoms with van der Waals surface area (Å²) >= 11 is 0. The fraction of sp³-hybridized carbons (Fsp3) is 1.00. The molecule has 0 saturated heterocycles. The quantitative estimate of drug-likeness (QED) is 0.329. The average Bonchev–Trinajstić information content (AvgIpc) is 1.35. The van der Waals surface area contributed by atoms with Crippen LogP contribution in [0.3, 0.4) is 0 Å². The van der Waals surface area contributed by atoms with E-state index in [1.54, 1.807) is 0 Å². The van der Waals surface area contributed by atoms with Gasteiger partial charge in [0.05, 0.1) is 0 Å². The van der Waals surface area contributed by atoms with Gasteiger partial charge in [-0.15, -0.1) is 0 Å². The van der Waals surface area contributed by atoms with Gasteiger partial charge in [-0.2, -0.15) is 0 Å². The number of hydrogen-bond acceptors (Lipinski definition) is 2. The molecule has 3 heteroatoms. The number of aliphatic hydroxyl groups excluding tert-OH is 1. The Morgan fingerprint density at radius 1 is 1.83 bits per heavy atom. The van der Waals surface area contributed by atoms with Crippen molar-refractivity contribution in [2.75, 3.05) is 0 Å². The Bertz CT molecular complexity index is 32.0. The van der Waals surface area contributed by atoms with Crippen molar-refractivity contribution in [3.8, 4) is 0 Å². The molecule has 0 heterocycles. The summed E-state index contributed by atoms with van der Waals surface area (Å²) in [5, 5.41) is 8.35. The highest BCUT2D eigenvalue weighted by atomic mass is 28.1. The molecule has 1 unspecified atom stereocenters. The van der Waals surface area contributed by atoms with Crippen molar-refractivity contribution in [3.05, 3.63) is 0 Å². The molecule has 0 aromatic heterocycles. The molecule has 2 nitrogen and oxygen atoms in total. The highest BCUT2D eigenvalue weighted by Crippen LogP contribution is 1.83. The van der Waals surface area contributed by atoms with Crippen molar-refractivity contribution in [2.45, 2.75) is 18.7 Å². The first-order valence-corrected chi connectivity index (χ1v) is 3.62. The normalized spacial score (nSPS) is 15.0. The summed E-state index contributed by atoms with van der Waals surface area (Å²) in [6, 6.07) is 1.09. The molecule has 1 atom stereocenters. The van der Waals surface area contributed by atoms with Crippen LogP contribution in [0, 0.1) is 0 Å². The Kier molecular flexibility index (Phi) is 3.41. The second kappa shape index (κ2) is 3.33. The number of aliphatic hydroxyl groups is 1. The summed E-state index contributed by atoms with van der Waals surface area (Å²) in [5.41, 5.74) is 4.98. The molecule has 0 amide bonds. The summed E-state index contributed by atoms with van der Waals surface area (Å²) in [7, 11) is 1.15. The van der Waals surface area contributed by atoms with Crippen LogP contribution < -0.4 is 5.73 Å². The molecule has 0 aromatic rings. The van der Waals surface area contributed by atoms with Gasteiger partial charge in [0, 0.05) is 10.2 Å². The third kappa shape index (κ3) is 4.14. The molecule has 0 aliphatic heterocycles. The van der Waals surface area contributed by atoms with Gasteiger partial charge >= 0.3 is 0 Å². The molecule has 6 heavy (non-hydrogen) atoms. The van der Waals surface area contributed by atoms with E-state index in [0.29, 0.717) is 0 Å². The Morgan fingerprint density at radius 2 is 2.33 bits per heavy atom. The average molecular weight is 105 g/mol. The van der Waals surface area contributed by atoms with E-state index < -0.39 is 6.23 Å². The molecule has 0 aliphatic rings. The second-order valence-corrected chi connectivity index (χ2v) is 2.36. The summed E-state index contributed by atoms with van der Waals surface area (Å²) in [4.78, 5) is 0. The van der Waals surface area contributed by atoms with Gasteiger partial charge in [-0.3, -0.25) is 0 Å². The maximum Gasteiger partial charge on any atom is 0.102 e. The van der Waals surface area contributed by atoms with Crippen LogP contribution in [-0.4, -0.2) is 21.6 Å². The lowest BCUT2D eigenvalue weighted by atomic mass is 10.4. The molecule has 3 N–H and O–H groups in total. The minimum absolute atomic E-state index is 0.567. The molecule has 0 rings (SSSR count). The monoisotopic (exact) mass is 105 g/mol. The van der Waals surface area contributed by atoms with Gasteiger partial charge in [0.1, 0.15) is 6.23 Å². The molecular formula is C3H11NOSi. The molecule has 38 valence electrons. The third-order valence-corrected chi connectivity index (χ3v) is 1.16. The van der Waals surface area contributed by atoms with E-state index in [4.69, 9.17) is 10.8 Å². The first-order chi connectivity index (χ1) is 2.77. The van der Waals surface area contributed by atoms with Gasteiger partial charge in [0.25, 0.3) is 0 Å². The van der Waals surface area contributed by atoms with E-state index in [-0.39, 0.29) is 0 Å². The topological polar surface area (TPSA) is 46.2 Å². The second-order valence-electron chi connectivity index (χ2n) is 1.36.